The average molecular weight is 902 g/mol. The zero-order valence-corrected chi connectivity index (χ0v) is 44.0. The molecule has 0 heterocycles. The van der Waals surface area contributed by atoms with Crippen molar-refractivity contribution in [3.63, 3.8) is 0 Å². The fourth-order valence-corrected chi connectivity index (χ4v) is 19.5. The largest absolute Gasteiger partial charge is 1.00 e. The summed E-state index contributed by atoms with van der Waals surface area (Å²) in [7, 11) is 1.63. The van der Waals surface area contributed by atoms with Crippen LogP contribution in [0.2, 0.25) is 0 Å². The average Bonchev–Trinajstić information content (AvgIpc) is 3.79. The Kier molecular flexibility index (Phi) is 19.4. The van der Waals surface area contributed by atoms with E-state index < -0.39 is 0 Å². The Labute approximate surface area is 414 Å². The Morgan fingerprint density at radius 2 is 1.08 bits per heavy atom. The smallest absolute Gasteiger partial charge is 1.00 e. The maximum absolute atomic E-state index is 12.5. The number of methoxy groups -OCH3 is 1. The maximum Gasteiger partial charge on any atom is 1.00 e. The van der Waals surface area contributed by atoms with Gasteiger partial charge in [0.05, 0.1) is 25.4 Å². The van der Waals surface area contributed by atoms with Crippen LogP contribution in [0.15, 0.2) is 0 Å². The van der Waals surface area contributed by atoms with E-state index in [2.05, 4.69) is 69.2 Å². The summed E-state index contributed by atoms with van der Waals surface area (Å²) in [6.45, 7) is 25.6. The van der Waals surface area contributed by atoms with Gasteiger partial charge in [-0.05, 0) is 200 Å². The molecule has 8 aliphatic carbocycles. The minimum atomic E-state index is -0.165. The van der Waals surface area contributed by atoms with Crippen LogP contribution in [0.1, 0.15) is 186 Å². The van der Waals surface area contributed by atoms with Crippen LogP contribution in [0.5, 0.6) is 0 Å². The van der Waals surface area contributed by atoms with E-state index in [0.29, 0.717) is 102 Å². The molecule has 0 saturated heterocycles. The third-order valence-electron chi connectivity index (χ3n) is 22.7. The second-order valence-corrected chi connectivity index (χ2v) is 25.4. The third-order valence-corrected chi connectivity index (χ3v) is 22.7. The fraction of sp³-hybridized carbons (Fsp3) is 0.982. The Bertz CT molecular complexity index is 1530. The number of carbonyl (C=O) groups is 1. The van der Waals surface area contributed by atoms with Crippen LogP contribution in [0.3, 0.4) is 0 Å². The van der Waals surface area contributed by atoms with Crippen LogP contribution in [-0.2, 0) is 19.0 Å². The summed E-state index contributed by atoms with van der Waals surface area (Å²) in [5, 5.41) is 33.2. The van der Waals surface area contributed by atoms with Gasteiger partial charge in [-0.3, -0.25) is 4.79 Å². The molecule has 0 aliphatic heterocycles. The molecule has 65 heavy (non-hydrogen) atoms. The second-order valence-electron chi connectivity index (χ2n) is 25.4. The van der Waals surface area contributed by atoms with Gasteiger partial charge in [0.15, 0.2) is 6.79 Å². The molecule has 0 unspecified atom stereocenters. The van der Waals surface area contributed by atoms with Gasteiger partial charge in [-0.25, -0.2) is 0 Å². The van der Waals surface area contributed by atoms with E-state index >= 15 is 0 Å². The van der Waals surface area contributed by atoms with Crippen molar-refractivity contribution in [2.45, 2.75) is 197 Å². The maximum atomic E-state index is 12.5. The number of hydrogen-bond donors (Lipinski definition) is 3. The minimum absolute atomic E-state index is 0. The molecule has 0 amide bonds. The predicted octanol–water partition coefficient (Wildman–Crippen LogP) is 8.72. The van der Waals surface area contributed by atoms with Crippen LogP contribution in [-0.4, -0.2) is 75.6 Å². The van der Waals surface area contributed by atoms with Gasteiger partial charge in [-0.2, -0.15) is 0 Å². The first-order chi connectivity index (χ1) is 29.9. The molecule has 8 fully saturated rings. The molecule has 369 valence electrons. The summed E-state index contributed by atoms with van der Waals surface area (Å²) in [5.74, 6) is 9.54. The molecule has 9 heteroatoms. The van der Waals surface area contributed by atoms with E-state index in [4.69, 9.17) is 14.2 Å². The molecule has 0 aromatic carbocycles. The number of aliphatic hydroxyl groups excluding tert-OH is 3. The predicted molar refractivity (Wildman–Crippen MR) is 260 cm³/mol. The van der Waals surface area contributed by atoms with E-state index in [1.807, 2.05) is 0 Å². The number of hydrogen-bond acceptors (Lipinski definition) is 7. The van der Waals surface area contributed by atoms with Crippen molar-refractivity contribution in [2.75, 3.05) is 33.7 Å². The minimum Gasteiger partial charge on any atom is -1.00 e. The SMILES string of the molecule is CC[C@H]1[C@@H](O)[C@@H]2[C@H](CC[C@]3(C)[C@@H]([C@H](C)CC(=O)OCOCCOC)CC[C@@H]23)[C@@]2(C)CC[C@@H](C)C[C@@H]12.CC[C@H]1[C@@H](O)[C@@H]2[C@H](CC[C@]3(C)[C@@H]([C@H](C)CCO)CC[C@@H]23)[C@@]2(C)CC[C@@H](C)C[C@@H]12.[B].[H-].[Li+]. The van der Waals surface area contributed by atoms with Gasteiger partial charge in [0, 0.05) is 28.6 Å². The monoisotopic (exact) mass is 902 g/mol. The molecular formula is C56H99BLiO7. The van der Waals surface area contributed by atoms with Gasteiger partial charge in [0.25, 0.3) is 0 Å². The summed E-state index contributed by atoms with van der Waals surface area (Å²) in [5.41, 5.74) is 1.42. The Morgan fingerprint density at radius 1 is 0.646 bits per heavy atom. The topological polar surface area (TPSA) is 105 Å². The van der Waals surface area contributed by atoms with Gasteiger partial charge in [0.1, 0.15) is 0 Å². The summed E-state index contributed by atoms with van der Waals surface area (Å²) in [4.78, 5) is 12.5. The Balaban J connectivity index is 0.000000282. The number of fused-ring (bicyclic) bond motifs is 10. The molecule has 8 saturated carbocycles. The molecule has 22 atom stereocenters. The van der Waals surface area contributed by atoms with E-state index in [-0.39, 0.29) is 65.0 Å². The molecule has 0 bridgehead atoms. The quantitative estimate of drug-likeness (QED) is 0.0736. The van der Waals surface area contributed by atoms with Crippen LogP contribution in [0, 0.1) is 116 Å². The summed E-state index contributed by atoms with van der Waals surface area (Å²) in [6, 6.07) is 0. The summed E-state index contributed by atoms with van der Waals surface area (Å²) in [6.07, 6.45) is 21.6. The molecule has 0 aromatic rings. The second kappa shape index (κ2) is 22.6. The molecule has 0 spiro atoms. The summed E-state index contributed by atoms with van der Waals surface area (Å²) < 4.78 is 15.6. The van der Waals surface area contributed by atoms with E-state index in [0.717, 1.165) is 48.9 Å². The van der Waals surface area contributed by atoms with Crippen molar-refractivity contribution in [1.82, 2.24) is 0 Å². The van der Waals surface area contributed by atoms with Crippen molar-refractivity contribution < 1.29 is 54.6 Å². The van der Waals surface area contributed by atoms with E-state index in [1.54, 1.807) is 7.11 Å². The van der Waals surface area contributed by atoms with Gasteiger partial charge in [-0.15, -0.1) is 0 Å². The van der Waals surface area contributed by atoms with Gasteiger partial charge >= 0.3 is 24.8 Å². The first-order valence-corrected chi connectivity index (χ1v) is 27.1. The summed E-state index contributed by atoms with van der Waals surface area (Å²) >= 11 is 0. The van der Waals surface area contributed by atoms with Crippen molar-refractivity contribution in [2.24, 2.45) is 116 Å². The molecular weight excluding hydrogens is 802 g/mol. The normalized spacial score (nSPS) is 48.2. The Morgan fingerprint density at radius 3 is 1.51 bits per heavy atom. The molecule has 8 aliphatic rings. The number of carbonyl (C=O) groups excluding carboxylic acids is 1. The molecule has 3 radical (unpaired) electrons. The Hall–Kier alpha value is -0.0677. The van der Waals surface area contributed by atoms with Crippen molar-refractivity contribution in [3.8, 4) is 0 Å². The van der Waals surface area contributed by atoms with Gasteiger partial charge < -0.3 is 31.0 Å². The molecule has 7 nitrogen and oxygen atoms in total. The first kappa shape index (κ1) is 55.9. The van der Waals surface area contributed by atoms with Crippen LogP contribution < -0.4 is 18.9 Å². The van der Waals surface area contributed by atoms with E-state index in [9.17, 15) is 20.1 Å². The molecule has 3 N–H and O–H groups in total. The number of ether oxygens (including phenoxy) is 3. The number of aliphatic hydroxyl groups is 3. The first-order valence-electron chi connectivity index (χ1n) is 27.1. The van der Waals surface area contributed by atoms with Gasteiger partial charge in [0.2, 0.25) is 0 Å². The van der Waals surface area contributed by atoms with Crippen molar-refractivity contribution in [3.05, 3.63) is 0 Å². The third kappa shape index (κ3) is 10.1. The molecule has 0 aromatic heterocycles. The van der Waals surface area contributed by atoms with Gasteiger partial charge in [-0.1, -0.05) is 94.9 Å². The zero-order chi connectivity index (χ0) is 45.6. The zero-order valence-electron chi connectivity index (χ0n) is 45.0. The van der Waals surface area contributed by atoms with Crippen molar-refractivity contribution in [1.29, 1.82) is 0 Å². The molecule has 8 rings (SSSR count). The van der Waals surface area contributed by atoms with E-state index in [1.165, 1.54) is 89.9 Å². The standard InChI is InChI=1S/C30H52O5.C26H46O2.B.Li.H/c1-7-21-25-16-19(2)10-12-30(25,5)24-11-13-29(4)22(8-9-23(29)27(24)28(21)32)20(3)17-26(31)35-18-34-15-14-33-6;1-6-18-22-15-16(2)9-12-26(22,5)21-10-13-25(4)19(17(3)11-14-27)7-8-20(25)23(21)24(18)28;;;/h19-25,27-28,32H,7-18H2,1-6H3;16-24,27-28H,6-15H2,1-5H3;;;/q;;;+1;-1/t19-,20-,21-,22-,23+,24+,25+,27+,28-,29-,30-;16-,17-,18-,19-,20+,21+,22+,23+,24-,25-,26-;;;/m11.../s1. The van der Waals surface area contributed by atoms with Crippen molar-refractivity contribution >= 4 is 14.4 Å². The number of esters is 1. The fourth-order valence-electron chi connectivity index (χ4n) is 19.5. The number of rotatable bonds is 13. The van der Waals surface area contributed by atoms with Crippen LogP contribution >= 0.6 is 0 Å². The van der Waals surface area contributed by atoms with Crippen LogP contribution in [0.25, 0.3) is 0 Å². The van der Waals surface area contributed by atoms with Crippen LogP contribution in [0.4, 0.5) is 0 Å².